The molecule has 156 valence electrons. The average molecular weight is 463 g/mol. The van der Waals surface area contributed by atoms with E-state index >= 15 is 0 Å². The molecule has 1 amide bonds. The van der Waals surface area contributed by atoms with E-state index in [1.165, 1.54) is 11.8 Å². The summed E-state index contributed by atoms with van der Waals surface area (Å²) >= 11 is 13.2. The average Bonchev–Trinajstić information content (AvgIpc) is 3.09. The topological polar surface area (TPSA) is 69.0 Å². The van der Waals surface area contributed by atoms with E-state index < -0.39 is 0 Å². The summed E-state index contributed by atoms with van der Waals surface area (Å²) in [5.74, 6) is 1.45. The zero-order valence-electron chi connectivity index (χ0n) is 16.3. The molecule has 0 spiro atoms. The van der Waals surface area contributed by atoms with Gasteiger partial charge in [-0.3, -0.25) is 9.36 Å². The largest absolute Gasteiger partial charge is 0.494 e. The molecular formula is C21H20Cl2N4O2S. The van der Waals surface area contributed by atoms with Gasteiger partial charge in [-0.05, 0) is 49.4 Å². The molecular weight excluding hydrogens is 443 g/mol. The van der Waals surface area contributed by atoms with Crippen molar-refractivity contribution in [1.29, 1.82) is 0 Å². The van der Waals surface area contributed by atoms with Gasteiger partial charge in [0.05, 0.1) is 12.4 Å². The van der Waals surface area contributed by atoms with Crippen LogP contribution >= 0.6 is 35.0 Å². The first kappa shape index (κ1) is 22.2. The minimum Gasteiger partial charge on any atom is -0.494 e. The molecule has 1 aromatic heterocycles. The molecule has 0 saturated carbocycles. The van der Waals surface area contributed by atoms with Crippen LogP contribution in [0.3, 0.4) is 0 Å². The lowest BCUT2D eigenvalue weighted by Crippen LogP contribution is -2.14. The minimum atomic E-state index is -0.200. The number of ether oxygens (including phenoxy) is 1. The number of thioether (sulfide) groups is 1. The summed E-state index contributed by atoms with van der Waals surface area (Å²) in [6.45, 7) is 6.87. The second-order valence-corrected chi connectivity index (χ2v) is 7.97. The Kier molecular flexibility index (Phi) is 7.79. The van der Waals surface area contributed by atoms with Gasteiger partial charge in [-0.1, -0.05) is 41.0 Å². The number of anilines is 1. The number of hydrogen-bond donors (Lipinski definition) is 1. The SMILES string of the molecule is C=CCn1c(SCC(=O)Nc2cc(Cl)cc(Cl)c2)nnc1-c1ccc(OCC)cc1. The molecule has 0 unspecified atom stereocenters. The molecule has 2 aromatic carbocycles. The number of rotatable bonds is 9. The molecule has 3 rings (SSSR count). The van der Waals surface area contributed by atoms with Gasteiger partial charge in [0, 0.05) is 27.8 Å². The van der Waals surface area contributed by atoms with E-state index in [4.69, 9.17) is 27.9 Å². The van der Waals surface area contributed by atoms with Crippen molar-refractivity contribution in [2.24, 2.45) is 0 Å². The molecule has 0 atom stereocenters. The Hall–Kier alpha value is -2.48. The first-order chi connectivity index (χ1) is 14.5. The van der Waals surface area contributed by atoms with E-state index in [1.807, 2.05) is 35.8 Å². The summed E-state index contributed by atoms with van der Waals surface area (Å²) in [7, 11) is 0. The summed E-state index contributed by atoms with van der Waals surface area (Å²) in [4.78, 5) is 12.3. The van der Waals surface area contributed by atoms with Crippen LogP contribution in [-0.2, 0) is 11.3 Å². The third-order valence-electron chi connectivity index (χ3n) is 3.93. The number of hydrogen-bond acceptors (Lipinski definition) is 5. The Bertz CT molecular complexity index is 1020. The number of carbonyl (C=O) groups excluding carboxylic acids is 1. The maximum absolute atomic E-state index is 12.3. The van der Waals surface area contributed by atoms with E-state index in [9.17, 15) is 4.79 Å². The van der Waals surface area contributed by atoms with Gasteiger partial charge in [-0.15, -0.1) is 16.8 Å². The third kappa shape index (κ3) is 5.78. The molecule has 30 heavy (non-hydrogen) atoms. The van der Waals surface area contributed by atoms with E-state index in [0.717, 1.165) is 11.3 Å². The number of aromatic nitrogens is 3. The second-order valence-electron chi connectivity index (χ2n) is 6.16. The fourth-order valence-corrected chi connectivity index (χ4v) is 4.00. The normalized spacial score (nSPS) is 10.6. The Morgan fingerprint density at radius 1 is 1.20 bits per heavy atom. The van der Waals surface area contributed by atoms with Crippen molar-refractivity contribution in [2.45, 2.75) is 18.6 Å². The molecule has 0 aliphatic rings. The van der Waals surface area contributed by atoms with Crippen molar-refractivity contribution in [3.05, 3.63) is 65.2 Å². The van der Waals surface area contributed by atoms with Crippen molar-refractivity contribution in [3.8, 4) is 17.1 Å². The number of nitrogens with zero attached hydrogens (tertiary/aromatic N) is 3. The lowest BCUT2D eigenvalue weighted by atomic mass is 10.2. The van der Waals surface area contributed by atoms with E-state index in [1.54, 1.807) is 24.3 Å². The van der Waals surface area contributed by atoms with Crippen LogP contribution in [0.5, 0.6) is 5.75 Å². The van der Waals surface area contributed by atoms with Crippen molar-refractivity contribution in [1.82, 2.24) is 14.8 Å². The van der Waals surface area contributed by atoms with Crippen molar-refractivity contribution in [3.63, 3.8) is 0 Å². The molecule has 0 saturated heterocycles. The number of amides is 1. The highest BCUT2D eigenvalue weighted by Crippen LogP contribution is 2.27. The molecule has 0 fully saturated rings. The van der Waals surface area contributed by atoms with Crippen molar-refractivity contribution in [2.75, 3.05) is 17.7 Å². The number of halogens is 2. The first-order valence-corrected chi connectivity index (χ1v) is 10.9. The third-order valence-corrected chi connectivity index (χ3v) is 5.33. The summed E-state index contributed by atoms with van der Waals surface area (Å²) in [6.07, 6.45) is 1.76. The van der Waals surface area contributed by atoms with Gasteiger partial charge in [0.2, 0.25) is 5.91 Å². The van der Waals surface area contributed by atoms with E-state index in [-0.39, 0.29) is 11.7 Å². The lowest BCUT2D eigenvalue weighted by Gasteiger charge is -2.09. The van der Waals surface area contributed by atoms with Crippen LogP contribution in [0.4, 0.5) is 5.69 Å². The van der Waals surface area contributed by atoms with Crippen LogP contribution in [0.25, 0.3) is 11.4 Å². The highest BCUT2D eigenvalue weighted by atomic mass is 35.5. The number of nitrogens with one attached hydrogen (secondary N) is 1. The van der Waals surface area contributed by atoms with Crippen LogP contribution in [-0.4, -0.2) is 33.0 Å². The molecule has 0 bridgehead atoms. The van der Waals surface area contributed by atoms with Crippen molar-refractivity contribution < 1.29 is 9.53 Å². The van der Waals surface area contributed by atoms with Crippen LogP contribution < -0.4 is 10.1 Å². The quantitative estimate of drug-likeness (QED) is 0.332. The molecule has 9 heteroatoms. The molecule has 0 radical (unpaired) electrons. The zero-order chi connectivity index (χ0) is 21.5. The maximum atomic E-state index is 12.3. The zero-order valence-corrected chi connectivity index (χ0v) is 18.6. The molecule has 1 N–H and O–H groups in total. The van der Waals surface area contributed by atoms with Gasteiger partial charge < -0.3 is 10.1 Å². The molecule has 0 aliphatic carbocycles. The van der Waals surface area contributed by atoms with Gasteiger partial charge in [0.15, 0.2) is 11.0 Å². The van der Waals surface area contributed by atoms with E-state index in [0.29, 0.717) is 39.9 Å². The van der Waals surface area contributed by atoms with Crippen LogP contribution in [0.1, 0.15) is 6.92 Å². The van der Waals surface area contributed by atoms with Crippen LogP contribution in [0.15, 0.2) is 60.3 Å². The molecule has 3 aromatic rings. The first-order valence-electron chi connectivity index (χ1n) is 9.16. The predicted octanol–water partition coefficient (Wildman–Crippen LogP) is 5.57. The fraction of sp³-hybridized carbons (Fsp3) is 0.190. The standard InChI is InChI=1S/C21H20Cl2N4O2S/c1-3-9-27-20(14-5-7-18(8-6-14)29-4-2)25-26-21(27)30-13-19(28)24-17-11-15(22)10-16(23)12-17/h3,5-8,10-12H,1,4,9,13H2,2H3,(H,24,28). The predicted molar refractivity (Wildman–Crippen MR) is 123 cm³/mol. The van der Waals surface area contributed by atoms with Gasteiger partial charge in [0.25, 0.3) is 0 Å². The maximum Gasteiger partial charge on any atom is 0.234 e. The molecule has 1 heterocycles. The highest BCUT2D eigenvalue weighted by Gasteiger charge is 2.15. The Balaban J connectivity index is 1.71. The lowest BCUT2D eigenvalue weighted by molar-refractivity contribution is -0.113. The smallest absolute Gasteiger partial charge is 0.234 e. The van der Waals surface area contributed by atoms with Gasteiger partial charge in [-0.2, -0.15) is 0 Å². The number of allylic oxidation sites excluding steroid dienone is 1. The second kappa shape index (κ2) is 10.5. The van der Waals surface area contributed by atoms with Gasteiger partial charge in [0.1, 0.15) is 5.75 Å². The minimum absolute atomic E-state index is 0.155. The van der Waals surface area contributed by atoms with Gasteiger partial charge in [-0.25, -0.2) is 0 Å². The highest BCUT2D eigenvalue weighted by molar-refractivity contribution is 7.99. The number of carbonyl (C=O) groups is 1. The Labute approximate surface area is 189 Å². The molecule has 0 aliphatic heterocycles. The van der Waals surface area contributed by atoms with E-state index in [2.05, 4.69) is 22.1 Å². The molecule has 6 nitrogen and oxygen atoms in total. The Morgan fingerprint density at radius 2 is 1.90 bits per heavy atom. The summed E-state index contributed by atoms with van der Waals surface area (Å²) in [6, 6.07) is 12.5. The monoisotopic (exact) mass is 462 g/mol. The summed E-state index contributed by atoms with van der Waals surface area (Å²) in [5.41, 5.74) is 1.44. The summed E-state index contributed by atoms with van der Waals surface area (Å²) < 4.78 is 7.40. The van der Waals surface area contributed by atoms with Gasteiger partial charge >= 0.3 is 0 Å². The summed E-state index contributed by atoms with van der Waals surface area (Å²) in [5, 5.41) is 12.9. The van der Waals surface area contributed by atoms with Crippen LogP contribution in [0.2, 0.25) is 10.0 Å². The Morgan fingerprint density at radius 3 is 2.53 bits per heavy atom. The van der Waals surface area contributed by atoms with Crippen molar-refractivity contribution >= 4 is 46.6 Å². The number of benzene rings is 2. The fourth-order valence-electron chi connectivity index (χ4n) is 2.72. The van der Waals surface area contributed by atoms with Crippen LogP contribution in [0, 0.1) is 0 Å².